The molecular formula is C23H18F3N5O3. The minimum Gasteiger partial charge on any atom is -0.406 e. The highest BCUT2D eigenvalue weighted by Crippen LogP contribution is 2.29. The Morgan fingerprint density at radius 1 is 1.03 bits per heavy atom. The van der Waals surface area contributed by atoms with Gasteiger partial charge in [-0.05, 0) is 47.5 Å². The quantitative estimate of drug-likeness (QED) is 0.186. The van der Waals surface area contributed by atoms with Crippen molar-refractivity contribution in [1.29, 1.82) is 0 Å². The predicted molar refractivity (Wildman–Crippen MR) is 117 cm³/mol. The molecule has 0 radical (unpaired) electrons. The summed E-state index contributed by atoms with van der Waals surface area (Å²) in [4.78, 5) is 17.1. The maximum Gasteiger partial charge on any atom is 0.573 e. The molecule has 0 unspecified atom stereocenters. The second-order valence-corrected chi connectivity index (χ2v) is 7.20. The molecule has 0 aliphatic heterocycles. The van der Waals surface area contributed by atoms with Gasteiger partial charge < -0.3 is 15.0 Å². The van der Waals surface area contributed by atoms with Crippen LogP contribution in [0.25, 0.3) is 22.6 Å². The number of hydrazine groups is 1. The van der Waals surface area contributed by atoms with Crippen molar-refractivity contribution in [3.05, 3.63) is 84.2 Å². The van der Waals surface area contributed by atoms with E-state index in [2.05, 4.69) is 14.9 Å². The van der Waals surface area contributed by atoms with Crippen LogP contribution in [-0.4, -0.2) is 27.4 Å². The highest BCUT2D eigenvalue weighted by molar-refractivity contribution is 6.00. The Morgan fingerprint density at radius 2 is 1.76 bits per heavy atom. The summed E-state index contributed by atoms with van der Waals surface area (Å²) in [7, 11) is 0. The van der Waals surface area contributed by atoms with Gasteiger partial charge in [0, 0.05) is 18.0 Å². The van der Waals surface area contributed by atoms with Crippen molar-refractivity contribution in [3.63, 3.8) is 0 Å². The second kappa shape index (κ2) is 9.24. The predicted octanol–water partition coefficient (Wildman–Crippen LogP) is 4.40. The number of pyridine rings is 1. The average molecular weight is 469 g/mol. The zero-order chi connectivity index (χ0) is 24.3. The molecule has 1 amide bonds. The molecule has 0 atom stereocenters. The van der Waals surface area contributed by atoms with Crippen molar-refractivity contribution < 1.29 is 27.2 Å². The third kappa shape index (κ3) is 5.33. The van der Waals surface area contributed by atoms with Gasteiger partial charge in [0.2, 0.25) is 0 Å². The van der Waals surface area contributed by atoms with Crippen LogP contribution in [0.1, 0.15) is 16.1 Å². The van der Waals surface area contributed by atoms with Gasteiger partial charge in [-0.15, -0.1) is 13.2 Å². The summed E-state index contributed by atoms with van der Waals surface area (Å²) < 4.78 is 46.2. The molecule has 4 rings (SSSR count). The third-order valence-electron chi connectivity index (χ3n) is 4.77. The van der Waals surface area contributed by atoms with Gasteiger partial charge in [0.25, 0.3) is 5.91 Å². The van der Waals surface area contributed by atoms with Gasteiger partial charge in [0.05, 0.1) is 12.1 Å². The summed E-state index contributed by atoms with van der Waals surface area (Å²) in [5.41, 5.74) is 8.41. The lowest BCUT2D eigenvalue weighted by molar-refractivity contribution is -0.274. The van der Waals surface area contributed by atoms with E-state index in [-0.39, 0.29) is 23.5 Å². The molecule has 11 heteroatoms. The Bertz CT molecular complexity index is 1290. The third-order valence-corrected chi connectivity index (χ3v) is 4.77. The van der Waals surface area contributed by atoms with Gasteiger partial charge >= 0.3 is 6.36 Å². The van der Waals surface area contributed by atoms with Crippen LogP contribution in [0.4, 0.5) is 18.9 Å². The summed E-state index contributed by atoms with van der Waals surface area (Å²) >= 11 is 0. The Balaban J connectivity index is 1.50. The number of anilines is 1. The number of carbonyl (C=O) groups excluding carboxylic acids is 1. The largest absolute Gasteiger partial charge is 0.573 e. The number of carbonyl (C=O) groups is 1. The van der Waals surface area contributed by atoms with Gasteiger partial charge in [-0.2, -0.15) is 0 Å². The number of nitrogens with two attached hydrogens (primary N) is 2. The summed E-state index contributed by atoms with van der Waals surface area (Å²) in [5, 5.41) is 4.86. The van der Waals surface area contributed by atoms with E-state index in [0.29, 0.717) is 28.3 Å². The standard InChI is InChI=1S/C23H18F3N5O3/c24-23(25,26)33-17-7-4-14(5-8-17)15-6-9-19(27)18(11-15)22(32)31(28)13-16-12-21(34-30-16)20-3-1-2-10-29-20/h1-12H,13,27-28H2. The van der Waals surface area contributed by atoms with E-state index in [1.54, 1.807) is 36.5 Å². The maximum atomic E-state index is 12.9. The van der Waals surface area contributed by atoms with E-state index in [1.807, 2.05) is 0 Å². The summed E-state index contributed by atoms with van der Waals surface area (Å²) in [6, 6.07) is 16.9. The number of nitrogens with zero attached hydrogens (tertiary/aromatic N) is 3. The molecule has 4 aromatic rings. The first-order valence-corrected chi connectivity index (χ1v) is 9.89. The summed E-state index contributed by atoms with van der Waals surface area (Å²) in [6.45, 7) is -0.0533. The number of ether oxygens (including phenoxy) is 1. The van der Waals surface area contributed by atoms with Gasteiger partial charge in [0.15, 0.2) is 5.76 Å². The number of hydrogen-bond donors (Lipinski definition) is 2. The summed E-state index contributed by atoms with van der Waals surface area (Å²) in [5.74, 6) is 5.48. The van der Waals surface area contributed by atoms with Crippen LogP contribution in [-0.2, 0) is 6.54 Å². The molecule has 4 N–H and O–H groups in total. The van der Waals surface area contributed by atoms with Crippen LogP contribution in [0.5, 0.6) is 5.75 Å². The summed E-state index contributed by atoms with van der Waals surface area (Å²) in [6.07, 6.45) is -3.17. The van der Waals surface area contributed by atoms with E-state index in [9.17, 15) is 18.0 Å². The number of benzene rings is 2. The van der Waals surface area contributed by atoms with E-state index >= 15 is 0 Å². The molecule has 0 fully saturated rings. The molecule has 2 aromatic heterocycles. The van der Waals surface area contributed by atoms with Crippen LogP contribution in [0.3, 0.4) is 0 Å². The van der Waals surface area contributed by atoms with Gasteiger partial charge in [0.1, 0.15) is 17.1 Å². The fourth-order valence-corrected chi connectivity index (χ4v) is 3.19. The van der Waals surface area contributed by atoms with Crippen LogP contribution < -0.4 is 16.3 Å². The number of nitrogen functional groups attached to an aromatic ring is 1. The first kappa shape index (κ1) is 22.8. The van der Waals surface area contributed by atoms with Crippen molar-refractivity contribution in [2.75, 3.05) is 5.73 Å². The lowest BCUT2D eigenvalue weighted by Gasteiger charge is -2.17. The SMILES string of the molecule is Nc1ccc(-c2ccc(OC(F)(F)F)cc2)cc1C(=O)N(N)Cc1cc(-c2ccccn2)on1. The second-order valence-electron chi connectivity index (χ2n) is 7.20. The number of hydrogen-bond acceptors (Lipinski definition) is 7. The van der Waals surface area contributed by atoms with Crippen molar-refractivity contribution in [1.82, 2.24) is 15.1 Å². The first-order valence-electron chi connectivity index (χ1n) is 9.89. The number of rotatable bonds is 6. The monoisotopic (exact) mass is 469 g/mol. The van der Waals surface area contributed by atoms with Gasteiger partial charge in [-0.25, -0.2) is 5.84 Å². The number of halogens is 3. The van der Waals surface area contributed by atoms with E-state index < -0.39 is 12.3 Å². The molecule has 0 saturated heterocycles. The molecular weight excluding hydrogens is 451 g/mol. The maximum absolute atomic E-state index is 12.9. The number of alkyl halides is 3. The normalized spacial score (nSPS) is 11.3. The Kier molecular flexibility index (Phi) is 6.19. The minimum absolute atomic E-state index is 0.0533. The zero-order valence-electron chi connectivity index (χ0n) is 17.5. The number of aromatic nitrogens is 2. The molecule has 0 bridgehead atoms. The van der Waals surface area contributed by atoms with Crippen LogP contribution in [0, 0.1) is 0 Å². The van der Waals surface area contributed by atoms with Gasteiger partial charge in [-0.3, -0.25) is 14.8 Å². The minimum atomic E-state index is -4.78. The van der Waals surface area contributed by atoms with E-state index in [1.165, 1.54) is 36.4 Å². The lowest BCUT2D eigenvalue weighted by Crippen LogP contribution is -2.37. The Labute approximate surface area is 191 Å². The topological polar surface area (TPSA) is 120 Å². The average Bonchev–Trinajstić information content (AvgIpc) is 3.27. The highest BCUT2D eigenvalue weighted by Gasteiger charge is 2.31. The van der Waals surface area contributed by atoms with E-state index in [0.717, 1.165) is 5.01 Å². The lowest BCUT2D eigenvalue weighted by atomic mass is 10.0. The fourth-order valence-electron chi connectivity index (χ4n) is 3.19. The molecule has 0 spiro atoms. The molecule has 2 aromatic carbocycles. The van der Waals surface area contributed by atoms with Gasteiger partial charge in [-0.1, -0.05) is 29.4 Å². The van der Waals surface area contributed by atoms with Crippen molar-refractivity contribution >= 4 is 11.6 Å². The Hall–Kier alpha value is -4.38. The molecule has 0 saturated carbocycles. The number of amides is 1. The van der Waals surface area contributed by atoms with Crippen LogP contribution in [0.15, 0.2) is 77.4 Å². The highest BCUT2D eigenvalue weighted by atomic mass is 19.4. The molecule has 2 heterocycles. The smallest absolute Gasteiger partial charge is 0.406 e. The van der Waals surface area contributed by atoms with E-state index in [4.69, 9.17) is 16.1 Å². The molecule has 0 aliphatic rings. The van der Waals surface area contributed by atoms with Crippen molar-refractivity contribution in [2.45, 2.75) is 12.9 Å². The molecule has 8 nitrogen and oxygen atoms in total. The molecule has 174 valence electrons. The first-order chi connectivity index (χ1) is 16.2. The zero-order valence-corrected chi connectivity index (χ0v) is 17.5. The fraction of sp³-hybridized carbons (Fsp3) is 0.0870. The Morgan fingerprint density at radius 3 is 2.44 bits per heavy atom. The molecule has 34 heavy (non-hydrogen) atoms. The van der Waals surface area contributed by atoms with Crippen LogP contribution in [0.2, 0.25) is 0 Å². The van der Waals surface area contributed by atoms with Crippen LogP contribution >= 0.6 is 0 Å². The van der Waals surface area contributed by atoms with Crippen molar-refractivity contribution in [3.8, 4) is 28.3 Å². The molecule has 0 aliphatic carbocycles. The van der Waals surface area contributed by atoms with Crippen molar-refractivity contribution in [2.24, 2.45) is 5.84 Å².